The van der Waals surface area contributed by atoms with Crippen LogP contribution in [0.4, 0.5) is 5.69 Å². The second-order valence-corrected chi connectivity index (χ2v) is 8.79. The number of nitrogens with one attached hydrogen (secondary N) is 2. The minimum atomic E-state index is -3.66. The normalized spacial score (nSPS) is 11.3. The highest BCUT2D eigenvalue weighted by atomic mass is 79.9. The van der Waals surface area contributed by atoms with Crippen molar-refractivity contribution in [3.63, 3.8) is 0 Å². The number of aryl methyl sites for hydroxylation is 1. The summed E-state index contributed by atoms with van der Waals surface area (Å²) in [7, 11) is -3.66. The van der Waals surface area contributed by atoms with Crippen LogP contribution >= 0.6 is 15.9 Å². The van der Waals surface area contributed by atoms with Gasteiger partial charge in [-0.05, 0) is 60.5 Å². The average Bonchev–Trinajstić information content (AvgIpc) is 3.19. The molecule has 146 valence electrons. The highest BCUT2D eigenvalue weighted by Crippen LogP contribution is 2.16. The molecule has 1 aromatic heterocycles. The van der Waals surface area contributed by atoms with Gasteiger partial charge in [0.25, 0.3) is 0 Å². The van der Waals surface area contributed by atoms with E-state index in [2.05, 4.69) is 26.0 Å². The van der Waals surface area contributed by atoms with Crippen molar-refractivity contribution in [3.8, 4) is 0 Å². The van der Waals surface area contributed by atoms with Crippen molar-refractivity contribution in [1.82, 2.24) is 4.72 Å². The Morgan fingerprint density at radius 1 is 1.04 bits per heavy atom. The number of hydrogen-bond donors (Lipinski definition) is 2. The van der Waals surface area contributed by atoms with E-state index in [4.69, 9.17) is 4.42 Å². The first-order valence-corrected chi connectivity index (χ1v) is 10.9. The van der Waals surface area contributed by atoms with Gasteiger partial charge in [0.2, 0.25) is 15.9 Å². The molecule has 0 saturated carbocycles. The lowest BCUT2D eigenvalue weighted by atomic mass is 10.1. The van der Waals surface area contributed by atoms with Gasteiger partial charge in [-0.25, -0.2) is 13.1 Å². The van der Waals surface area contributed by atoms with Gasteiger partial charge in [0.1, 0.15) is 5.76 Å². The second-order valence-electron chi connectivity index (χ2n) is 6.11. The summed E-state index contributed by atoms with van der Waals surface area (Å²) in [6.07, 6.45) is 2.44. The molecule has 1 heterocycles. The molecule has 3 rings (SSSR count). The molecule has 28 heavy (non-hydrogen) atoms. The quantitative estimate of drug-likeness (QED) is 0.527. The molecular formula is C20H19BrN2O4S. The van der Waals surface area contributed by atoms with Gasteiger partial charge < -0.3 is 9.73 Å². The lowest BCUT2D eigenvalue weighted by Gasteiger charge is -2.08. The highest BCUT2D eigenvalue weighted by molar-refractivity contribution is 9.10. The number of rotatable bonds is 8. The Bertz CT molecular complexity index is 1030. The lowest BCUT2D eigenvalue weighted by molar-refractivity contribution is -0.116. The molecule has 0 aliphatic heterocycles. The highest BCUT2D eigenvalue weighted by Gasteiger charge is 2.14. The van der Waals surface area contributed by atoms with Gasteiger partial charge in [0.05, 0.1) is 17.7 Å². The Kier molecular flexibility index (Phi) is 6.66. The van der Waals surface area contributed by atoms with Crippen molar-refractivity contribution in [2.45, 2.75) is 24.3 Å². The summed E-state index contributed by atoms with van der Waals surface area (Å²) >= 11 is 3.41. The summed E-state index contributed by atoms with van der Waals surface area (Å²) in [6.45, 7) is 0.0728. The minimum absolute atomic E-state index is 0.0728. The van der Waals surface area contributed by atoms with Crippen LogP contribution in [0.25, 0.3) is 0 Å². The minimum Gasteiger partial charge on any atom is -0.468 e. The number of amides is 1. The summed E-state index contributed by atoms with van der Waals surface area (Å²) in [5, 5.41) is 2.78. The van der Waals surface area contributed by atoms with Gasteiger partial charge in [-0.15, -0.1) is 0 Å². The molecule has 0 bridgehead atoms. The molecule has 2 N–H and O–H groups in total. The number of carbonyl (C=O) groups excluding carboxylic acids is 1. The van der Waals surface area contributed by atoms with E-state index in [1.54, 1.807) is 24.3 Å². The zero-order chi connectivity index (χ0) is 20.0. The topological polar surface area (TPSA) is 88.4 Å². The summed E-state index contributed by atoms with van der Waals surface area (Å²) in [4.78, 5) is 12.2. The number of halogens is 1. The molecule has 3 aromatic rings. The van der Waals surface area contributed by atoms with Crippen LogP contribution in [0.1, 0.15) is 17.7 Å². The fourth-order valence-corrected chi connectivity index (χ4v) is 3.99. The van der Waals surface area contributed by atoms with Crippen molar-refractivity contribution >= 4 is 37.5 Å². The number of anilines is 1. The van der Waals surface area contributed by atoms with Gasteiger partial charge in [-0.3, -0.25) is 4.79 Å². The Morgan fingerprint density at radius 3 is 2.50 bits per heavy atom. The van der Waals surface area contributed by atoms with Crippen LogP contribution in [0.3, 0.4) is 0 Å². The summed E-state index contributed by atoms with van der Waals surface area (Å²) in [5.41, 5.74) is 1.61. The van der Waals surface area contributed by atoms with Gasteiger partial charge in [-0.2, -0.15) is 0 Å². The SMILES string of the molecule is O=C(CCc1cccc(Br)c1)Nc1ccc(S(=O)(=O)NCc2ccco2)cc1. The predicted molar refractivity (Wildman–Crippen MR) is 110 cm³/mol. The average molecular weight is 463 g/mol. The first-order valence-electron chi connectivity index (χ1n) is 8.59. The van der Waals surface area contributed by atoms with E-state index in [1.165, 1.54) is 18.4 Å². The van der Waals surface area contributed by atoms with E-state index in [9.17, 15) is 13.2 Å². The Morgan fingerprint density at radius 2 is 1.82 bits per heavy atom. The number of carbonyl (C=O) groups is 1. The maximum Gasteiger partial charge on any atom is 0.240 e. The predicted octanol–water partition coefficient (Wildman–Crippen LogP) is 4.09. The van der Waals surface area contributed by atoms with Crippen LogP contribution < -0.4 is 10.0 Å². The Hall–Kier alpha value is -2.42. The van der Waals surface area contributed by atoms with Crippen LogP contribution in [-0.2, 0) is 27.8 Å². The second kappa shape index (κ2) is 9.18. The van der Waals surface area contributed by atoms with Gasteiger partial charge in [0.15, 0.2) is 0 Å². The Labute approximate surface area is 172 Å². The van der Waals surface area contributed by atoms with E-state index in [-0.39, 0.29) is 17.3 Å². The monoisotopic (exact) mass is 462 g/mol. The fraction of sp³-hybridized carbons (Fsp3) is 0.150. The zero-order valence-electron chi connectivity index (χ0n) is 14.9. The van der Waals surface area contributed by atoms with Crippen LogP contribution in [0.15, 0.2) is 80.7 Å². The van der Waals surface area contributed by atoms with E-state index in [0.29, 0.717) is 24.3 Å². The molecule has 0 saturated heterocycles. The summed E-state index contributed by atoms with van der Waals surface area (Å²) in [5.74, 6) is 0.393. The number of hydrogen-bond acceptors (Lipinski definition) is 4. The number of benzene rings is 2. The van der Waals surface area contributed by atoms with Crippen molar-refractivity contribution in [1.29, 1.82) is 0 Å². The van der Waals surface area contributed by atoms with Crippen molar-refractivity contribution in [3.05, 3.63) is 82.7 Å². The molecule has 6 nitrogen and oxygen atoms in total. The van der Waals surface area contributed by atoms with Gasteiger partial charge >= 0.3 is 0 Å². The molecule has 0 fully saturated rings. The first-order chi connectivity index (χ1) is 13.4. The molecule has 0 aliphatic carbocycles. The molecule has 0 aliphatic rings. The molecule has 8 heteroatoms. The van der Waals surface area contributed by atoms with E-state index < -0.39 is 10.0 Å². The summed E-state index contributed by atoms with van der Waals surface area (Å²) < 4.78 is 33.2. The van der Waals surface area contributed by atoms with Gasteiger partial charge in [0, 0.05) is 16.6 Å². The third-order valence-corrected chi connectivity index (χ3v) is 5.91. The molecule has 0 spiro atoms. The fourth-order valence-electron chi connectivity index (χ4n) is 2.55. The third kappa shape index (κ3) is 5.79. The largest absolute Gasteiger partial charge is 0.468 e. The van der Waals surface area contributed by atoms with E-state index in [1.807, 2.05) is 24.3 Å². The molecule has 0 radical (unpaired) electrons. The smallest absolute Gasteiger partial charge is 0.240 e. The molecule has 1 amide bonds. The van der Waals surface area contributed by atoms with Crippen molar-refractivity contribution in [2.24, 2.45) is 0 Å². The van der Waals surface area contributed by atoms with Crippen LogP contribution in [0.5, 0.6) is 0 Å². The van der Waals surface area contributed by atoms with Gasteiger partial charge in [-0.1, -0.05) is 28.1 Å². The standard InChI is InChI=1S/C20H19BrN2O4S/c21-16-4-1-3-15(13-16)6-11-20(24)23-17-7-9-19(10-8-17)28(25,26)22-14-18-5-2-12-27-18/h1-5,7-10,12-13,22H,6,11,14H2,(H,23,24). The molecule has 2 aromatic carbocycles. The maximum atomic E-state index is 12.3. The van der Waals surface area contributed by atoms with E-state index >= 15 is 0 Å². The summed E-state index contributed by atoms with van der Waals surface area (Å²) in [6, 6.07) is 17.2. The van der Waals surface area contributed by atoms with Crippen LogP contribution in [0, 0.1) is 0 Å². The van der Waals surface area contributed by atoms with Crippen LogP contribution in [0.2, 0.25) is 0 Å². The van der Waals surface area contributed by atoms with Crippen molar-refractivity contribution < 1.29 is 17.6 Å². The molecule has 0 unspecified atom stereocenters. The molecular weight excluding hydrogens is 444 g/mol. The zero-order valence-corrected chi connectivity index (χ0v) is 17.3. The Balaban J connectivity index is 1.53. The van der Waals surface area contributed by atoms with E-state index in [0.717, 1.165) is 10.0 Å². The van der Waals surface area contributed by atoms with Crippen LogP contribution in [-0.4, -0.2) is 14.3 Å². The van der Waals surface area contributed by atoms with Crippen molar-refractivity contribution in [2.75, 3.05) is 5.32 Å². The number of sulfonamides is 1. The lowest BCUT2D eigenvalue weighted by Crippen LogP contribution is -2.23. The third-order valence-electron chi connectivity index (χ3n) is 3.99. The molecule has 0 atom stereocenters. The maximum absolute atomic E-state index is 12.3. The first kappa shape index (κ1) is 20.3. The number of furan rings is 1.